The van der Waals surface area contributed by atoms with Crippen molar-refractivity contribution in [2.24, 2.45) is 5.10 Å². The molecule has 0 saturated carbocycles. The SMILES string of the molecule is CC[C@@H](C)Oc1ccc(/C=C2/C(=O)N(c3ccccc3)N=C2C)cc1Br. The maximum Gasteiger partial charge on any atom is 0.280 e. The Balaban J connectivity index is 1.85. The van der Waals surface area contributed by atoms with Gasteiger partial charge in [0.1, 0.15) is 5.75 Å². The molecule has 2 aromatic rings. The van der Waals surface area contributed by atoms with E-state index in [0.717, 1.165) is 27.9 Å². The Morgan fingerprint density at radius 3 is 2.62 bits per heavy atom. The number of hydrazone groups is 1. The first kappa shape index (κ1) is 18.4. The first-order chi connectivity index (χ1) is 12.5. The van der Waals surface area contributed by atoms with Crippen LogP contribution in [-0.4, -0.2) is 17.7 Å². The van der Waals surface area contributed by atoms with Crippen molar-refractivity contribution in [3.63, 3.8) is 0 Å². The molecule has 0 aromatic heterocycles. The van der Waals surface area contributed by atoms with Crippen molar-refractivity contribution in [1.29, 1.82) is 0 Å². The second kappa shape index (κ2) is 7.87. The molecule has 5 heteroatoms. The number of carbonyl (C=O) groups is 1. The summed E-state index contributed by atoms with van der Waals surface area (Å²) in [5.74, 6) is 0.681. The Labute approximate surface area is 162 Å². The highest BCUT2D eigenvalue weighted by Crippen LogP contribution is 2.30. The molecule has 0 aliphatic carbocycles. The van der Waals surface area contributed by atoms with Crippen LogP contribution >= 0.6 is 15.9 Å². The number of anilines is 1. The molecular weight excluding hydrogens is 392 g/mol. The number of nitrogens with zero attached hydrogens (tertiary/aromatic N) is 2. The van der Waals surface area contributed by atoms with Crippen LogP contribution in [0, 0.1) is 0 Å². The van der Waals surface area contributed by atoms with Gasteiger partial charge in [-0.3, -0.25) is 4.79 Å². The molecule has 1 amide bonds. The summed E-state index contributed by atoms with van der Waals surface area (Å²) >= 11 is 3.55. The van der Waals surface area contributed by atoms with Gasteiger partial charge in [-0.2, -0.15) is 10.1 Å². The number of benzene rings is 2. The van der Waals surface area contributed by atoms with Crippen LogP contribution in [0.2, 0.25) is 0 Å². The molecule has 2 aromatic carbocycles. The van der Waals surface area contributed by atoms with Crippen molar-refractivity contribution in [2.45, 2.75) is 33.3 Å². The van der Waals surface area contributed by atoms with E-state index in [9.17, 15) is 4.79 Å². The molecule has 4 nitrogen and oxygen atoms in total. The zero-order valence-electron chi connectivity index (χ0n) is 15.1. The van der Waals surface area contributed by atoms with E-state index in [0.29, 0.717) is 11.3 Å². The lowest BCUT2D eigenvalue weighted by Crippen LogP contribution is -2.21. The van der Waals surface area contributed by atoms with Gasteiger partial charge in [-0.1, -0.05) is 31.2 Å². The number of amides is 1. The fraction of sp³-hybridized carbons (Fsp3) is 0.238. The summed E-state index contributed by atoms with van der Waals surface area (Å²) in [6.45, 7) is 5.98. The Morgan fingerprint density at radius 2 is 1.96 bits per heavy atom. The molecule has 0 radical (unpaired) electrons. The van der Waals surface area contributed by atoms with Gasteiger partial charge >= 0.3 is 0 Å². The molecule has 0 fully saturated rings. The predicted molar refractivity (Wildman–Crippen MR) is 110 cm³/mol. The predicted octanol–water partition coefficient (Wildman–Crippen LogP) is 5.43. The van der Waals surface area contributed by atoms with Crippen LogP contribution < -0.4 is 9.75 Å². The monoisotopic (exact) mass is 412 g/mol. The summed E-state index contributed by atoms with van der Waals surface area (Å²) < 4.78 is 6.74. The van der Waals surface area contributed by atoms with Gasteiger partial charge in [-0.05, 0) is 72.1 Å². The minimum Gasteiger partial charge on any atom is -0.490 e. The van der Waals surface area contributed by atoms with Gasteiger partial charge in [0.25, 0.3) is 5.91 Å². The molecule has 1 aliphatic rings. The average molecular weight is 413 g/mol. The van der Waals surface area contributed by atoms with Gasteiger partial charge in [-0.15, -0.1) is 0 Å². The van der Waals surface area contributed by atoms with E-state index in [2.05, 4.69) is 28.0 Å². The summed E-state index contributed by atoms with van der Waals surface area (Å²) in [6, 6.07) is 15.3. The van der Waals surface area contributed by atoms with Crippen LogP contribution in [0.4, 0.5) is 5.69 Å². The zero-order valence-corrected chi connectivity index (χ0v) is 16.7. The van der Waals surface area contributed by atoms with Crippen molar-refractivity contribution in [1.82, 2.24) is 0 Å². The van der Waals surface area contributed by atoms with E-state index >= 15 is 0 Å². The number of rotatable bonds is 5. The molecule has 1 heterocycles. The highest BCUT2D eigenvalue weighted by Gasteiger charge is 2.28. The number of hydrogen-bond donors (Lipinski definition) is 0. The highest BCUT2D eigenvalue weighted by molar-refractivity contribution is 9.10. The zero-order chi connectivity index (χ0) is 18.7. The second-order valence-corrected chi connectivity index (χ2v) is 7.08. The van der Waals surface area contributed by atoms with Gasteiger partial charge in [-0.25, -0.2) is 0 Å². The maximum absolute atomic E-state index is 12.8. The van der Waals surface area contributed by atoms with Crippen LogP contribution in [0.15, 0.2) is 63.7 Å². The molecule has 26 heavy (non-hydrogen) atoms. The summed E-state index contributed by atoms with van der Waals surface area (Å²) in [4.78, 5) is 12.8. The Hall–Kier alpha value is -2.40. The lowest BCUT2D eigenvalue weighted by molar-refractivity contribution is -0.114. The molecule has 3 rings (SSSR count). The number of carbonyl (C=O) groups excluding carboxylic acids is 1. The highest BCUT2D eigenvalue weighted by atomic mass is 79.9. The van der Waals surface area contributed by atoms with Crippen LogP contribution in [0.1, 0.15) is 32.8 Å². The minimum absolute atomic E-state index is 0.121. The molecule has 0 N–H and O–H groups in total. The molecule has 0 saturated heterocycles. The van der Waals surface area contributed by atoms with Crippen LogP contribution in [-0.2, 0) is 4.79 Å². The third-order valence-corrected chi connectivity index (χ3v) is 4.85. The summed E-state index contributed by atoms with van der Waals surface area (Å²) in [7, 11) is 0. The van der Waals surface area contributed by atoms with E-state index in [4.69, 9.17) is 4.74 Å². The summed E-state index contributed by atoms with van der Waals surface area (Å²) in [5.41, 5.74) is 2.98. The van der Waals surface area contributed by atoms with Crippen molar-refractivity contribution in [2.75, 3.05) is 5.01 Å². The molecular formula is C21H21BrN2O2. The van der Waals surface area contributed by atoms with Crippen molar-refractivity contribution in [3.05, 3.63) is 64.1 Å². The lowest BCUT2D eigenvalue weighted by atomic mass is 10.1. The number of hydrogen-bond acceptors (Lipinski definition) is 3. The Bertz CT molecular complexity index is 875. The van der Waals surface area contributed by atoms with E-state index in [1.807, 2.05) is 68.5 Å². The van der Waals surface area contributed by atoms with Crippen molar-refractivity contribution < 1.29 is 9.53 Å². The largest absolute Gasteiger partial charge is 0.490 e. The summed E-state index contributed by atoms with van der Waals surface area (Å²) in [5, 5.41) is 5.84. The van der Waals surface area contributed by atoms with Crippen molar-refractivity contribution >= 4 is 39.3 Å². The van der Waals surface area contributed by atoms with Crippen LogP contribution in [0.25, 0.3) is 6.08 Å². The third kappa shape index (κ3) is 3.88. The average Bonchev–Trinajstić information content (AvgIpc) is 2.92. The molecule has 1 aliphatic heterocycles. The number of ether oxygens (including phenoxy) is 1. The van der Waals surface area contributed by atoms with Gasteiger partial charge in [0.2, 0.25) is 0 Å². The fourth-order valence-corrected chi connectivity index (χ4v) is 3.09. The smallest absolute Gasteiger partial charge is 0.280 e. The quantitative estimate of drug-likeness (QED) is 0.614. The fourth-order valence-electron chi connectivity index (χ4n) is 2.60. The minimum atomic E-state index is -0.121. The van der Waals surface area contributed by atoms with Gasteiger partial charge in [0.15, 0.2) is 0 Å². The number of para-hydroxylation sites is 1. The van der Waals surface area contributed by atoms with E-state index in [1.165, 1.54) is 5.01 Å². The lowest BCUT2D eigenvalue weighted by Gasteiger charge is -2.14. The topological polar surface area (TPSA) is 41.9 Å². The van der Waals surface area contributed by atoms with E-state index < -0.39 is 0 Å². The molecule has 0 unspecified atom stereocenters. The Kier molecular flexibility index (Phi) is 5.57. The van der Waals surface area contributed by atoms with Crippen molar-refractivity contribution in [3.8, 4) is 5.75 Å². The van der Waals surface area contributed by atoms with Gasteiger partial charge in [0.05, 0.1) is 27.5 Å². The molecule has 0 bridgehead atoms. The summed E-state index contributed by atoms with van der Waals surface area (Å²) in [6.07, 6.45) is 2.96. The first-order valence-corrected chi connectivity index (χ1v) is 9.42. The van der Waals surface area contributed by atoms with E-state index in [-0.39, 0.29) is 12.0 Å². The normalized spacial score (nSPS) is 16.8. The molecule has 1 atom stereocenters. The second-order valence-electron chi connectivity index (χ2n) is 6.22. The van der Waals surface area contributed by atoms with E-state index in [1.54, 1.807) is 0 Å². The standard InChI is InChI=1S/C21H21BrN2O2/c1-4-14(2)26-20-11-10-16(13-19(20)22)12-18-15(3)23-24(21(18)25)17-8-6-5-7-9-17/h5-14H,4H2,1-3H3/b18-12+/t14-/m1/s1. The third-order valence-electron chi connectivity index (χ3n) is 4.23. The molecule has 134 valence electrons. The first-order valence-electron chi connectivity index (χ1n) is 8.62. The van der Waals surface area contributed by atoms with Gasteiger partial charge < -0.3 is 4.74 Å². The maximum atomic E-state index is 12.8. The van der Waals surface area contributed by atoms with Crippen LogP contribution in [0.5, 0.6) is 5.75 Å². The Morgan fingerprint density at radius 1 is 1.23 bits per heavy atom. The van der Waals surface area contributed by atoms with Gasteiger partial charge in [0, 0.05) is 0 Å². The van der Waals surface area contributed by atoms with Crippen LogP contribution in [0.3, 0.4) is 0 Å². The molecule has 0 spiro atoms. The number of halogens is 1.